The third kappa shape index (κ3) is 3.41. The van der Waals surface area contributed by atoms with Gasteiger partial charge in [0.2, 0.25) is 5.91 Å². The molecule has 4 heteroatoms. The van der Waals surface area contributed by atoms with Crippen LogP contribution in [0.2, 0.25) is 0 Å². The lowest BCUT2D eigenvalue weighted by atomic mass is 9.96. The Balaban J connectivity index is 1.81. The minimum Gasteiger partial charge on any atom is -0.386 e. The van der Waals surface area contributed by atoms with Gasteiger partial charge in [0.05, 0.1) is 18.7 Å². The van der Waals surface area contributed by atoms with Crippen molar-refractivity contribution in [3.63, 3.8) is 0 Å². The van der Waals surface area contributed by atoms with E-state index in [1.165, 1.54) is 0 Å². The third-order valence-electron chi connectivity index (χ3n) is 3.36. The van der Waals surface area contributed by atoms with Gasteiger partial charge in [-0.25, -0.2) is 0 Å². The van der Waals surface area contributed by atoms with Gasteiger partial charge in [0.25, 0.3) is 0 Å². The predicted molar refractivity (Wildman–Crippen MR) is 71.9 cm³/mol. The number of aryl methyl sites for hydroxylation is 1. The number of hydrogen-bond donors (Lipinski definition) is 1. The van der Waals surface area contributed by atoms with Gasteiger partial charge >= 0.3 is 0 Å². The molecule has 0 spiro atoms. The Labute approximate surface area is 113 Å². The summed E-state index contributed by atoms with van der Waals surface area (Å²) in [5.41, 5.74) is 1.00. The molecule has 1 aromatic rings. The molecule has 1 aliphatic heterocycles. The van der Waals surface area contributed by atoms with Crippen molar-refractivity contribution in [2.24, 2.45) is 0 Å². The van der Waals surface area contributed by atoms with Crippen LogP contribution in [0.3, 0.4) is 0 Å². The molecule has 1 heterocycles. The van der Waals surface area contributed by atoms with E-state index in [-0.39, 0.29) is 24.5 Å². The Morgan fingerprint density at radius 3 is 2.32 bits per heavy atom. The van der Waals surface area contributed by atoms with Crippen molar-refractivity contribution in [3.8, 4) is 0 Å². The smallest absolute Gasteiger partial charge is 0.223 e. The van der Waals surface area contributed by atoms with Gasteiger partial charge in [-0.05, 0) is 13.8 Å². The molecule has 0 atom stereocenters. The molecular weight excluding hydrogens is 242 g/mol. The summed E-state index contributed by atoms with van der Waals surface area (Å²) in [7, 11) is 0. The third-order valence-corrected chi connectivity index (χ3v) is 3.36. The maximum Gasteiger partial charge on any atom is 0.223 e. The fourth-order valence-corrected chi connectivity index (χ4v) is 2.21. The maximum atomic E-state index is 11.9. The number of rotatable bonds is 4. The van der Waals surface area contributed by atoms with Crippen LogP contribution in [0.1, 0.15) is 35.7 Å². The highest BCUT2D eigenvalue weighted by Gasteiger charge is 2.38. The number of benzene rings is 1. The second kappa shape index (κ2) is 5.13. The SMILES string of the molecule is Cc1ccc(C(=O)CCC(=O)N2CC(C)(O)C2)cc1. The van der Waals surface area contributed by atoms with E-state index in [0.717, 1.165) is 5.56 Å². The van der Waals surface area contributed by atoms with E-state index in [9.17, 15) is 14.7 Å². The summed E-state index contributed by atoms with van der Waals surface area (Å²) >= 11 is 0. The molecule has 102 valence electrons. The normalized spacial score (nSPS) is 16.9. The number of Topliss-reactive ketones (excluding diaryl/α,β-unsaturated/α-hetero) is 1. The van der Waals surface area contributed by atoms with Gasteiger partial charge in [0.1, 0.15) is 0 Å². The van der Waals surface area contributed by atoms with Gasteiger partial charge in [-0.2, -0.15) is 0 Å². The van der Waals surface area contributed by atoms with Crippen LogP contribution in [0.25, 0.3) is 0 Å². The summed E-state index contributed by atoms with van der Waals surface area (Å²) in [6.07, 6.45) is 0.434. The first kappa shape index (κ1) is 13.7. The number of carbonyl (C=O) groups excluding carboxylic acids is 2. The summed E-state index contributed by atoms with van der Waals surface area (Å²) in [6.45, 7) is 4.40. The van der Waals surface area contributed by atoms with Crippen molar-refractivity contribution in [1.82, 2.24) is 4.90 Å². The molecule has 1 aromatic carbocycles. The molecule has 0 radical (unpaired) electrons. The average Bonchev–Trinajstić information content (AvgIpc) is 2.33. The van der Waals surface area contributed by atoms with Crippen LogP contribution >= 0.6 is 0 Å². The first-order valence-electron chi connectivity index (χ1n) is 6.47. The van der Waals surface area contributed by atoms with Crippen LogP contribution in [0, 0.1) is 6.92 Å². The molecule has 0 aliphatic carbocycles. The Hall–Kier alpha value is -1.68. The van der Waals surface area contributed by atoms with Gasteiger partial charge in [-0.3, -0.25) is 9.59 Å². The molecule has 2 rings (SSSR count). The maximum absolute atomic E-state index is 11.9. The molecule has 1 amide bonds. The monoisotopic (exact) mass is 261 g/mol. The van der Waals surface area contributed by atoms with Crippen molar-refractivity contribution in [3.05, 3.63) is 35.4 Å². The van der Waals surface area contributed by atoms with Crippen molar-refractivity contribution in [1.29, 1.82) is 0 Å². The van der Waals surface area contributed by atoms with Gasteiger partial charge in [0.15, 0.2) is 5.78 Å². The summed E-state index contributed by atoms with van der Waals surface area (Å²) in [4.78, 5) is 25.2. The number of amides is 1. The number of nitrogens with zero attached hydrogens (tertiary/aromatic N) is 1. The molecular formula is C15H19NO3. The molecule has 1 saturated heterocycles. The predicted octanol–water partition coefficient (Wildman–Crippen LogP) is 1.55. The zero-order valence-corrected chi connectivity index (χ0v) is 11.3. The van der Waals surface area contributed by atoms with Crippen molar-refractivity contribution < 1.29 is 14.7 Å². The van der Waals surface area contributed by atoms with Crippen LogP contribution in [0.15, 0.2) is 24.3 Å². The minimum absolute atomic E-state index is 0.0133. The van der Waals surface area contributed by atoms with E-state index in [1.54, 1.807) is 24.0 Å². The molecule has 4 nitrogen and oxygen atoms in total. The van der Waals surface area contributed by atoms with Crippen LogP contribution in [0.5, 0.6) is 0 Å². The first-order valence-corrected chi connectivity index (χ1v) is 6.47. The summed E-state index contributed by atoms with van der Waals surface area (Å²) in [5, 5.41) is 9.55. The number of ketones is 1. The average molecular weight is 261 g/mol. The van der Waals surface area contributed by atoms with Crippen molar-refractivity contribution in [2.45, 2.75) is 32.3 Å². The van der Waals surface area contributed by atoms with Crippen molar-refractivity contribution >= 4 is 11.7 Å². The van der Waals surface area contributed by atoms with Gasteiger partial charge < -0.3 is 10.0 Å². The number of carbonyl (C=O) groups is 2. The quantitative estimate of drug-likeness (QED) is 0.837. The Morgan fingerprint density at radius 1 is 1.21 bits per heavy atom. The summed E-state index contributed by atoms with van der Waals surface area (Å²) in [6, 6.07) is 7.36. The topological polar surface area (TPSA) is 57.6 Å². The second-order valence-corrected chi connectivity index (χ2v) is 5.54. The number of likely N-dealkylation sites (tertiary alicyclic amines) is 1. The molecule has 1 aliphatic rings. The molecule has 0 saturated carbocycles. The number of aliphatic hydroxyl groups is 1. The zero-order valence-electron chi connectivity index (χ0n) is 11.3. The lowest BCUT2D eigenvalue weighted by molar-refractivity contribution is -0.152. The first-order chi connectivity index (χ1) is 8.87. The van der Waals surface area contributed by atoms with Gasteiger partial charge in [-0.15, -0.1) is 0 Å². The fourth-order valence-electron chi connectivity index (χ4n) is 2.21. The Kier molecular flexibility index (Phi) is 3.71. The molecule has 1 fully saturated rings. The largest absolute Gasteiger partial charge is 0.386 e. The molecule has 1 N–H and O–H groups in total. The summed E-state index contributed by atoms with van der Waals surface area (Å²) < 4.78 is 0. The lowest BCUT2D eigenvalue weighted by Gasteiger charge is -2.44. The van der Waals surface area contributed by atoms with Gasteiger partial charge in [-0.1, -0.05) is 29.8 Å². The highest BCUT2D eigenvalue weighted by atomic mass is 16.3. The van der Waals surface area contributed by atoms with E-state index < -0.39 is 5.60 Å². The van der Waals surface area contributed by atoms with E-state index in [2.05, 4.69) is 0 Å². The van der Waals surface area contributed by atoms with Crippen LogP contribution in [0.4, 0.5) is 0 Å². The number of hydrogen-bond acceptors (Lipinski definition) is 3. The van der Waals surface area contributed by atoms with E-state index in [0.29, 0.717) is 18.7 Å². The van der Waals surface area contributed by atoms with E-state index >= 15 is 0 Å². The van der Waals surface area contributed by atoms with E-state index in [4.69, 9.17) is 0 Å². The molecule has 0 bridgehead atoms. The lowest BCUT2D eigenvalue weighted by Crippen LogP contribution is -2.61. The van der Waals surface area contributed by atoms with Crippen LogP contribution < -0.4 is 0 Å². The Morgan fingerprint density at radius 2 is 1.79 bits per heavy atom. The van der Waals surface area contributed by atoms with Crippen molar-refractivity contribution in [2.75, 3.05) is 13.1 Å². The standard InChI is InChI=1S/C15H19NO3/c1-11-3-5-12(6-4-11)13(17)7-8-14(18)16-9-15(2,19)10-16/h3-6,19H,7-10H2,1-2H3. The molecule has 0 aromatic heterocycles. The van der Waals surface area contributed by atoms with Crippen LogP contribution in [-0.2, 0) is 4.79 Å². The zero-order chi connectivity index (χ0) is 14.0. The molecule has 0 unspecified atom stereocenters. The molecule has 19 heavy (non-hydrogen) atoms. The highest BCUT2D eigenvalue weighted by molar-refractivity contribution is 5.98. The van der Waals surface area contributed by atoms with E-state index in [1.807, 2.05) is 19.1 Å². The fraction of sp³-hybridized carbons (Fsp3) is 0.467. The number of β-amino-alcohol motifs (C(OH)–C–C–N with tert-alkyl or cyclic N) is 1. The van der Waals surface area contributed by atoms with Crippen LogP contribution in [-0.4, -0.2) is 40.4 Å². The summed E-state index contributed by atoms with van der Waals surface area (Å²) in [5.74, 6) is -0.0763. The Bertz CT molecular complexity index is 483. The minimum atomic E-state index is -0.753. The van der Waals surface area contributed by atoms with Gasteiger partial charge in [0, 0.05) is 18.4 Å². The highest BCUT2D eigenvalue weighted by Crippen LogP contribution is 2.21. The second-order valence-electron chi connectivity index (χ2n) is 5.54.